The monoisotopic (exact) mass is 1880 g/mol. The molecule has 42 atom stereocenters. The van der Waals surface area contributed by atoms with E-state index < -0.39 is 316 Å². The second-order valence-electron chi connectivity index (χ2n) is 35.5. The van der Waals surface area contributed by atoms with Crippen molar-refractivity contribution in [2.24, 2.45) is 0 Å². The summed E-state index contributed by atoms with van der Waals surface area (Å²) in [5.41, 5.74) is 0. The van der Waals surface area contributed by atoms with Crippen LogP contribution in [0.5, 0.6) is 0 Å². The standard InChI is InChI=1S/C86H153N3O41/c1-7-9-11-13-15-17-19-21-23-25-27-29-31-33-47(98)46(89-54(99)34-32-30-28-26-24-22-20-18-16-14-12-10-8-2)41-115-81-69(112)65(108)72(51(38-93)123-81)124-85-70(113)77(60(103)49(36-91)119-85)129-80-56(88-45(6)97)76(128-83-67(110)63(106)58(101)43(4)117-83)74(53(40-95)122-80)126-86-71(114)78(61(104)50(37-92)120-86)130-79-55(87-44(5)96)75(127-82-66(109)62(105)57(100)42(3)116-82)73(52(39-94)121-79)125-84-68(111)64(107)59(102)48(35-90)118-84/h31,33,42-43,46-53,55-86,90-95,98,100-114H,7-30,32,34-41H2,1-6H3,(H,87,96)(H,88,97)(H,89,99)/b33-31+/t42?,43?,46-,47+,48?,49?,50?,51?,52?,53?,55?,56?,57+,58+,59-,60-,61-,62?,63?,64-,65+,66-,67-,68?,69?,70?,71?,72+,73+,74+,75+,76+,77-,78-,79-,80-,81+,82+,83+,84-,85-,86-/m0/s1. The fourth-order valence-corrected chi connectivity index (χ4v) is 17.6. The molecule has 0 spiro atoms. The van der Waals surface area contributed by atoms with Gasteiger partial charge in [-0.05, 0) is 33.1 Å². The molecule has 0 bridgehead atoms. The Kier molecular flexibility index (Phi) is 48.8. The minimum Gasteiger partial charge on any atom is -0.394 e. The molecular formula is C86H153N3O41. The molecule has 0 aromatic rings. The Bertz CT molecular complexity index is 3190. The number of allylic oxidation sites excluding steroid dienone is 1. The van der Waals surface area contributed by atoms with Crippen molar-refractivity contribution < 1.29 is 203 Å². The molecule has 8 aliphatic heterocycles. The third-order valence-corrected chi connectivity index (χ3v) is 25.4. The molecule has 0 radical (unpaired) electrons. The third kappa shape index (κ3) is 31.1. The summed E-state index contributed by atoms with van der Waals surface area (Å²) in [4.78, 5) is 40.7. The molecule has 44 nitrogen and oxygen atoms in total. The number of aliphatic hydroxyl groups excluding tert-OH is 22. The van der Waals surface area contributed by atoms with Crippen molar-refractivity contribution in [2.45, 2.75) is 466 Å². The van der Waals surface area contributed by atoms with Crippen LogP contribution in [0.15, 0.2) is 12.2 Å². The number of rotatable bonds is 54. The van der Waals surface area contributed by atoms with Gasteiger partial charge in [-0.1, -0.05) is 167 Å². The molecule has 8 rings (SSSR count). The number of carbonyl (C=O) groups is 3. The normalized spacial score (nSPS) is 40.9. The molecule has 8 aliphatic rings. The first-order valence-electron chi connectivity index (χ1n) is 46.7. The van der Waals surface area contributed by atoms with Gasteiger partial charge in [0.25, 0.3) is 0 Å². The molecule has 44 heteroatoms. The zero-order valence-electron chi connectivity index (χ0n) is 75.3. The van der Waals surface area contributed by atoms with Crippen molar-refractivity contribution in [1.29, 1.82) is 0 Å². The van der Waals surface area contributed by atoms with Crippen molar-refractivity contribution >= 4 is 17.7 Å². The summed E-state index contributed by atoms with van der Waals surface area (Å²) < 4.78 is 97.6. The topological polar surface area (TPSA) is 680 Å². The van der Waals surface area contributed by atoms with E-state index in [0.29, 0.717) is 12.8 Å². The Hall–Kier alpha value is -3.37. The van der Waals surface area contributed by atoms with Gasteiger partial charge in [-0.25, -0.2) is 0 Å². The summed E-state index contributed by atoms with van der Waals surface area (Å²) in [5, 5.41) is 257. The lowest BCUT2D eigenvalue weighted by atomic mass is 9.93. The number of hydrogen-bond acceptors (Lipinski definition) is 41. The highest BCUT2D eigenvalue weighted by atomic mass is 16.8. The minimum absolute atomic E-state index is 0.141. The fourth-order valence-electron chi connectivity index (χ4n) is 17.6. The Morgan fingerprint density at radius 2 is 0.615 bits per heavy atom. The smallest absolute Gasteiger partial charge is 0.220 e. The Morgan fingerprint density at radius 3 is 1.00 bits per heavy atom. The van der Waals surface area contributed by atoms with Crippen LogP contribution in [0, 0.1) is 0 Å². The first kappa shape index (κ1) is 112. The van der Waals surface area contributed by atoms with E-state index in [2.05, 4.69) is 29.8 Å². The van der Waals surface area contributed by atoms with Gasteiger partial charge in [0.1, 0.15) is 183 Å². The van der Waals surface area contributed by atoms with Gasteiger partial charge < -0.3 is 204 Å². The highest BCUT2D eigenvalue weighted by Crippen LogP contribution is 2.41. The lowest BCUT2D eigenvalue weighted by molar-refractivity contribution is -0.400. The number of nitrogens with one attached hydrogen (secondary N) is 3. The first-order valence-corrected chi connectivity index (χ1v) is 46.7. The SMILES string of the molecule is CCCCCCCCCCCCC/C=C/[C@@H](O)[C@H](CO[C@@H]1OC(CO)[C@@H](O[C@@H]2OC(CO)[C@H](O)[C@H](O[C@@H]3OC(CO)[C@@H](O[C@@H]4OC(CO)[C@H](O)[C@H](O[C@@H]5OC(CO)[C@@H](O[C@@H]6OC(CO)[C@H](O)[C@H](O)C6O)[C@H](O[C@H]6OC(C)[C@@H](O)C(O)[C@@H]6O)C5NC(C)=O)C4O)[C@H](O[C@H]4OC(C)[C@@H](O)C(O)[C@@H]4O)C3NC(C)=O)C2O)[C@H](O)C1O)NC(=O)CCCCCCCCCCCCCCC. The van der Waals surface area contributed by atoms with Gasteiger partial charge in [0.05, 0.1) is 70.6 Å². The number of unbranched alkanes of at least 4 members (excludes halogenated alkanes) is 23. The Morgan fingerprint density at radius 1 is 0.315 bits per heavy atom. The van der Waals surface area contributed by atoms with Crippen LogP contribution in [0.25, 0.3) is 0 Å². The Balaban J connectivity index is 1.01. The van der Waals surface area contributed by atoms with Crippen LogP contribution in [0.3, 0.4) is 0 Å². The lowest BCUT2D eigenvalue weighted by Crippen LogP contribution is -2.72. The maximum absolute atomic E-state index is 13.7. The van der Waals surface area contributed by atoms with Gasteiger partial charge >= 0.3 is 0 Å². The molecule has 8 saturated heterocycles. The molecule has 0 saturated carbocycles. The highest BCUT2D eigenvalue weighted by molar-refractivity contribution is 5.76. The highest BCUT2D eigenvalue weighted by Gasteiger charge is 2.61. The van der Waals surface area contributed by atoms with Crippen molar-refractivity contribution in [3.05, 3.63) is 12.2 Å². The van der Waals surface area contributed by atoms with Gasteiger partial charge in [-0.3, -0.25) is 14.4 Å². The minimum atomic E-state index is -2.45. The largest absolute Gasteiger partial charge is 0.394 e. The molecule has 758 valence electrons. The summed E-state index contributed by atoms with van der Waals surface area (Å²) in [6, 6.07) is -5.07. The van der Waals surface area contributed by atoms with Crippen LogP contribution in [0.4, 0.5) is 0 Å². The van der Waals surface area contributed by atoms with Crippen molar-refractivity contribution in [1.82, 2.24) is 16.0 Å². The van der Waals surface area contributed by atoms with Crippen LogP contribution in [0.2, 0.25) is 0 Å². The second-order valence-corrected chi connectivity index (χ2v) is 35.5. The van der Waals surface area contributed by atoms with Crippen LogP contribution in [-0.2, 0) is 90.2 Å². The number of aliphatic hydroxyl groups is 22. The number of amides is 3. The van der Waals surface area contributed by atoms with Gasteiger partial charge in [0.15, 0.2) is 50.3 Å². The summed E-state index contributed by atoms with van der Waals surface area (Å²) in [6.07, 6.45) is -46.4. The molecule has 0 aromatic carbocycles. The first-order chi connectivity index (χ1) is 62.2. The molecule has 8 heterocycles. The zero-order chi connectivity index (χ0) is 95.2. The van der Waals surface area contributed by atoms with Crippen molar-refractivity contribution in [3.8, 4) is 0 Å². The van der Waals surface area contributed by atoms with Crippen molar-refractivity contribution in [3.63, 3.8) is 0 Å². The van der Waals surface area contributed by atoms with E-state index in [0.717, 1.165) is 71.6 Å². The van der Waals surface area contributed by atoms with Gasteiger partial charge in [-0.15, -0.1) is 0 Å². The molecule has 8 fully saturated rings. The number of carbonyl (C=O) groups excluding carboxylic acids is 3. The average Bonchev–Trinajstić information content (AvgIpc) is 0.756. The number of ether oxygens (including phenoxy) is 16. The maximum Gasteiger partial charge on any atom is 0.220 e. The lowest BCUT2D eigenvalue weighted by Gasteiger charge is -2.52. The summed E-state index contributed by atoms with van der Waals surface area (Å²) in [5.74, 6) is -2.29. The molecule has 130 heavy (non-hydrogen) atoms. The average molecular weight is 1890 g/mol. The van der Waals surface area contributed by atoms with E-state index >= 15 is 0 Å². The molecule has 25 N–H and O–H groups in total. The van der Waals surface area contributed by atoms with E-state index in [1.54, 1.807) is 6.08 Å². The third-order valence-electron chi connectivity index (χ3n) is 25.4. The van der Waals surface area contributed by atoms with E-state index in [-0.39, 0.29) is 12.3 Å². The van der Waals surface area contributed by atoms with Crippen LogP contribution >= 0.6 is 0 Å². The predicted molar refractivity (Wildman–Crippen MR) is 447 cm³/mol. The van der Waals surface area contributed by atoms with E-state index in [9.17, 15) is 127 Å². The maximum atomic E-state index is 13.7. The van der Waals surface area contributed by atoms with Gasteiger partial charge in [-0.2, -0.15) is 0 Å². The fraction of sp³-hybridized carbons (Fsp3) is 0.942. The predicted octanol–water partition coefficient (Wildman–Crippen LogP) is -5.50. The van der Waals surface area contributed by atoms with Crippen LogP contribution in [-0.4, -0.2) is 434 Å². The van der Waals surface area contributed by atoms with E-state index in [1.165, 1.54) is 104 Å². The molecule has 3 amide bonds. The van der Waals surface area contributed by atoms with Crippen LogP contribution < -0.4 is 16.0 Å². The Labute approximate surface area is 757 Å². The van der Waals surface area contributed by atoms with Gasteiger partial charge in [0, 0.05) is 20.3 Å². The van der Waals surface area contributed by atoms with Gasteiger partial charge in [0.2, 0.25) is 17.7 Å². The molecule has 0 aliphatic carbocycles. The zero-order valence-corrected chi connectivity index (χ0v) is 75.3. The molecular weight excluding hydrogens is 1730 g/mol. The quantitative estimate of drug-likeness (QED) is 0.0200. The second kappa shape index (κ2) is 56.6. The number of hydrogen-bond donors (Lipinski definition) is 25. The van der Waals surface area contributed by atoms with Crippen molar-refractivity contribution in [2.75, 3.05) is 46.2 Å². The van der Waals surface area contributed by atoms with E-state index in [1.807, 2.05) is 6.08 Å². The molecule has 16 unspecified atom stereocenters. The van der Waals surface area contributed by atoms with E-state index in [4.69, 9.17) is 75.8 Å². The summed E-state index contributed by atoms with van der Waals surface area (Å²) >= 11 is 0. The summed E-state index contributed by atoms with van der Waals surface area (Å²) in [6.45, 7) is 1.77. The molecule has 0 aromatic heterocycles. The van der Waals surface area contributed by atoms with Crippen LogP contribution in [0.1, 0.15) is 208 Å². The summed E-state index contributed by atoms with van der Waals surface area (Å²) in [7, 11) is 0.